The summed E-state index contributed by atoms with van der Waals surface area (Å²) in [5.41, 5.74) is 0.928. The van der Waals surface area contributed by atoms with Crippen LogP contribution >= 0.6 is 43.5 Å². The van der Waals surface area contributed by atoms with Gasteiger partial charge in [-0.3, -0.25) is 4.98 Å². The molecule has 1 aromatic heterocycles. The summed E-state index contributed by atoms with van der Waals surface area (Å²) in [4.78, 5) is 4.46. The van der Waals surface area contributed by atoms with E-state index in [4.69, 9.17) is 11.6 Å². The van der Waals surface area contributed by atoms with Gasteiger partial charge in [-0.1, -0.05) is 51.8 Å². The van der Waals surface area contributed by atoms with Crippen LogP contribution in [0.4, 0.5) is 0 Å². The molecule has 0 aliphatic carbocycles. The lowest BCUT2D eigenvalue weighted by atomic mass is 10.1. The molecule has 0 unspecified atom stereocenters. The molecule has 2 aromatic carbocycles. The van der Waals surface area contributed by atoms with E-state index in [1.165, 1.54) is 0 Å². The minimum atomic E-state index is 0.696. The molecule has 0 saturated carbocycles. The molecule has 84 valence electrons. The molecule has 3 rings (SSSR count). The fourth-order valence-corrected chi connectivity index (χ4v) is 3.01. The molecule has 0 fully saturated rings. The molecule has 0 N–H and O–H groups in total. The van der Waals surface area contributed by atoms with Gasteiger partial charge in [-0.2, -0.15) is 0 Å². The van der Waals surface area contributed by atoms with Crippen molar-refractivity contribution >= 4 is 65.1 Å². The van der Waals surface area contributed by atoms with Crippen LogP contribution in [0.5, 0.6) is 0 Å². The van der Waals surface area contributed by atoms with E-state index in [0.717, 1.165) is 30.6 Å². The van der Waals surface area contributed by atoms with Gasteiger partial charge in [0, 0.05) is 21.4 Å². The zero-order valence-electron chi connectivity index (χ0n) is 8.55. The Hall–Kier alpha value is -0.640. The quantitative estimate of drug-likeness (QED) is 0.471. The van der Waals surface area contributed by atoms with Crippen molar-refractivity contribution in [1.29, 1.82) is 0 Å². The number of rotatable bonds is 0. The molecule has 17 heavy (non-hydrogen) atoms. The second-order valence-corrected chi connectivity index (χ2v) is 5.81. The van der Waals surface area contributed by atoms with Gasteiger partial charge >= 0.3 is 0 Å². The Balaban J connectivity index is 2.62. The second-order valence-electron chi connectivity index (χ2n) is 3.72. The van der Waals surface area contributed by atoms with Gasteiger partial charge in [0.1, 0.15) is 0 Å². The minimum absolute atomic E-state index is 0.696. The molecule has 1 heterocycles. The minimum Gasteiger partial charge on any atom is -0.254 e. The number of nitrogens with zero attached hydrogens (tertiary/aromatic N) is 1. The maximum Gasteiger partial charge on any atom is 0.0796 e. The standard InChI is InChI=1S/C13H6Br2ClN/c14-10-5-9-12(16)11(15)6-17-13(9)8-4-2-1-3-7(8)10/h1-6H. The zero-order chi connectivity index (χ0) is 12.0. The fraction of sp³-hybridized carbons (Fsp3) is 0. The first kappa shape index (κ1) is 11.5. The lowest BCUT2D eigenvalue weighted by Gasteiger charge is -2.07. The van der Waals surface area contributed by atoms with Crippen LogP contribution in [0.25, 0.3) is 21.7 Å². The number of hydrogen-bond donors (Lipinski definition) is 0. The number of aromatic nitrogens is 1. The van der Waals surface area contributed by atoms with Crippen LogP contribution in [0.2, 0.25) is 5.02 Å². The first-order valence-corrected chi connectivity index (χ1v) is 6.96. The van der Waals surface area contributed by atoms with Gasteiger partial charge in [-0.05, 0) is 27.4 Å². The number of pyridine rings is 1. The van der Waals surface area contributed by atoms with Crippen LogP contribution in [-0.4, -0.2) is 4.98 Å². The lowest BCUT2D eigenvalue weighted by molar-refractivity contribution is 1.40. The van der Waals surface area contributed by atoms with Crippen LogP contribution in [-0.2, 0) is 0 Å². The molecule has 0 spiro atoms. The zero-order valence-corrected chi connectivity index (χ0v) is 12.5. The topological polar surface area (TPSA) is 12.9 Å². The van der Waals surface area contributed by atoms with E-state index < -0.39 is 0 Å². The molecular formula is C13H6Br2ClN. The first-order valence-electron chi connectivity index (χ1n) is 4.99. The summed E-state index contributed by atoms with van der Waals surface area (Å²) in [5, 5.41) is 3.89. The van der Waals surface area contributed by atoms with Crippen molar-refractivity contribution in [2.24, 2.45) is 0 Å². The van der Waals surface area contributed by atoms with Crippen molar-refractivity contribution in [2.75, 3.05) is 0 Å². The maximum atomic E-state index is 6.29. The number of halogens is 3. The molecule has 1 nitrogen and oxygen atoms in total. The Morgan fingerprint density at radius 3 is 2.41 bits per heavy atom. The molecule has 0 bridgehead atoms. The smallest absolute Gasteiger partial charge is 0.0796 e. The normalized spacial score (nSPS) is 11.2. The third kappa shape index (κ3) is 1.77. The predicted molar refractivity (Wildman–Crippen MR) is 79.7 cm³/mol. The molecule has 0 aliphatic heterocycles. The average Bonchev–Trinajstić information content (AvgIpc) is 2.35. The van der Waals surface area contributed by atoms with Crippen LogP contribution in [0.15, 0.2) is 45.5 Å². The van der Waals surface area contributed by atoms with Gasteiger partial charge in [-0.15, -0.1) is 0 Å². The highest BCUT2D eigenvalue weighted by Crippen LogP contribution is 2.36. The predicted octanol–water partition coefficient (Wildman–Crippen LogP) is 5.57. The summed E-state index contributed by atoms with van der Waals surface area (Å²) < 4.78 is 1.84. The van der Waals surface area contributed by atoms with Crippen molar-refractivity contribution in [3.8, 4) is 0 Å². The molecule has 0 amide bonds. The Morgan fingerprint density at radius 2 is 1.65 bits per heavy atom. The SMILES string of the molecule is Clc1c(Br)cnc2c1cc(Br)c1ccccc12. The third-order valence-corrected chi connectivity index (χ3v) is 4.61. The summed E-state index contributed by atoms with van der Waals surface area (Å²) >= 11 is 13.3. The van der Waals surface area contributed by atoms with Crippen molar-refractivity contribution < 1.29 is 0 Å². The highest BCUT2D eigenvalue weighted by Gasteiger charge is 2.10. The maximum absolute atomic E-state index is 6.29. The van der Waals surface area contributed by atoms with Crippen LogP contribution in [0.1, 0.15) is 0 Å². The van der Waals surface area contributed by atoms with Gasteiger partial charge in [0.2, 0.25) is 0 Å². The highest BCUT2D eigenvalue weighted by molar-refractivity contribution is 9.11. The molecule has 4 heteroatoms. The highest BCUT2D eigenvalue weighted by atomic mass is 79.9. The van der Waals surface area contributed by atoms with Gasteiger partial charge in [0.15, 0.2) is 0 Å². The molecule has 0 saturated heterocycles. The first-order chi connectivity index (χ1) is 8.18. The van der Waals surface area contributed by atoms with E-state index in [2.05, 4.69) is 49.0 Å². The van der Waals surface area contributed by atoms with E-state index in [1.807, 2.05) is 18.2 Å². The van der Waals surface area contributed by atoms with Crippen molar-refractivity contribution in [1.82, 2.24) is 4.98 Å². The van der Waals surface area contributed by atoms with Crippen molar-refractivity contribution in [3.63, 3.8) is 0 Å². The summed E-state index contributed by atoms with van der Waals surface area (Å²) in [6.45, 7) is 0. The lowest BCUT2D eigenvalue weighted by Crippen LogP contribution is -1.85. The van der Waals surface area contributed by atoms with E-state index in [1.54, 1.807) is 6.20 Å². The van der Waals surface area contributed by atoms with E-state index in [9.17, 15) is 0 Å². The summed E-state index contributed by atoms with van der Waals surface area (Å²) in [7, 11) is 0. The van der Waals surface area contributed by atoms with Gasteiger partial charge in [0.25, 0.3) is 0 Å². The largest absolute Gasteiger partial charge is 0.254 e. The molecule has 0 aliphatic rings. The Bertz CT molecular complexity index is 740. The van der Waals surface area contributed by atoms with Gasteiger partial charge < -0.3 is 0 Å². The monoisotopic (exact) mass is 369 g/mol. The summed E-state index contributed by atoms with van der Waals surface area (Å²) in [5.74, 6) is 0. The van der Waals surface area contributed by atoms with Crippen LogP contribution in [0, 0.1) is 0 Å². The molecule has 3 aromatic rings. The Labute approximate surface area is 120 Å². The van der Waals surface area contributed by atoms with Crippen LogP contribution < -0.4 is 0 Å². The van der Waals surface area contributed by atoms with E-state index in [0.29, 0.717) is 5.02 Å². The van der Waals surface area contributed by atoms with Crippen molar-refractivity contribution in [2.45, 2.75) is 0 Å². The second kappa shape index (κ2) is 4.23. The molecule has 0 atom stereocenters. The van der Waals surface area contributed by atoms with E-state index >= 15 is 0 Å². The van der Waals surface area contributed by atoms with Crippen molar-refractivity contribution in [3.05, 3.63) is 50.5 Å². The number of benzene rings is 2. The van der Waals surface area contributed by atoms with Crippen LogP contribution in [0.3, 0.4) is 0 Å². The van der Waals surface area contributed by atoms with E-state index in [-0.39, 0.29) is 0 Å². The molecular weight excluding hydrogens is 365 g/mol. The van der Waals surface area contributed by atoms with Gasteiger partial charge in [0.05, 0.1) is 15.0 Å². The molecule has 0 radical (unpaired) electrons. The Morgan fingerprint density at radius 1 is 0.941 bits per heavy atom. The summed E-state index contributed by atoms with van der Waals surface area (Å²) in [6, 6.07) is 10.2. The number of hydrogen-bond acceptors (Lipinski definition) is 1. The fourth-order valence-electron chi connectivity index (χ4n) is 1.93. The Kier molecular flexibility index (Phi) is 2.85. The third-order valence-electron chi connectivity index (χ3n) is 2.72. The summed E-state index contributed by atoms with van der Waals surface area (Å²) in [6.07, 6.45) is 1.74. The van der Waals surface area contributed by atoms with Gasteiger partial charge in [-0.25, -0.2) is 0 Å². The average molecular weight is 371 g/mol. The number of fused-ring (bicyclic) bond motifs is 3.